The van der Waals surface area contributed by atoms with Crippen molar-refractivity contribution in [1.82, 2.24) is 26.2 Å². The highest BCUT2D eigenvalue weighted by Gasteiger charge is 2.39. The maximum Gasteiger partial charge on any atom is 0.326 e. The summed E-state index contributed by atoms with van der Waals surface area (Å²) in [5.41, 5.74) is 27.5. The maximum absolute atomic E-state index is 13.7. The quantitative estimate of drug-likeness (QED) is 0.0255. The van der Waals surface area contributed by atoms with E-state index >= 15 is 0 Å². The number of carbonyl (C=O) groups excluding carboxylic acids is 6. The summed E-state index contributed by atoms with van der Waals surface area (Å²) < 4.78 is 0. The second-order valence-electron chi connectivity index (χ2n) is 12.9. The standard InChI is InChI=1S/C31H55N11O10/c1-16(2)24(29(50)42-14-6-9-21(42)30(51)52)41-27(48)18(7-3-4-12-32)38-26(47)19(8-5-13-37-31(35)36)39-28(49)20(15-22(34)43)40-25(46)17(33)10-11-23(44)45/h16-21,24H,3-15,32-33H2,1-2H3,(H2,34,43)(H,38,47)(H,39,49)(H,40,46)(H,41,48)(H,44,45)(H,51,52)(H4,35,36,37). The zero-order valence-corrected chi connectivity index (χ0v) is 29.7. The number of nitrogens with zero attached hydrogens (tertiary/aromatic N) is 2. The van der Waals surface area contributed by atoms with E-state index in [0.717, 1.165) is 0 Å². The molecule has 21 nitrogen and oxygen atoms in total. The van der Waals surface area contributed by atoms with Crippen LogP contribution in [-0.2, 0) is 38.4 Å². The number of aliphatic carboxylic acids is 2. The molecule has 1 rings (SSSR count). The predicted molar refractivity (Wildman–Crippen MR) is 186 cm³/mol. The van der Waals surface area contributed by atoms with Crippen molar-refractivity contribution in [1.29, 1.82) is 0 Å². The minimum absolute atomic E-state index is 0.0499. The molecule has 52 heavy (non-hydrogen) atoms. The van der Waals surface area contributed by atoms with Gasteiger partial charge in [-0.15, -0.1) is 0 Å². The van der Waals surface area contributed by atoms with Crippen LogP contribution in [0.1, 0.15) is 78.1 Å². The van der Waals surface area contributed by atoms with Crippen molar-refractivity contribution in [2.75, 3.05) is 19.6 Å². The van der Waals surface area contributed by atoms with E-state index in [9.17, 15) is 43.5 Å². The second-order valence-corrected chi connectivity index (χ2v) is 12.9. The van der Waals surface area contributed by atoms with Gasteiger partial charge in [0.2, 0.25) is 35.4 Å². The average molecular weight is 742 g/mol. The molecule has 6 amide bonds. The molecule has 1 saturated heterocycles. The van der Waals surface area contributed by atoms with Crippen LogP contribution in [0.4, 0.5) is 0 Å². The summed E-state index contributed by atoms with van der Waals surface area (Å²) in [5.74, 6) is -8.11. The Balaban J connectivity index is 3.30. The van der Waals surface area contributed by atoms with Crippen LogP contribution in [-0.4, -0.2) is 124 Å². The third kappa shape index (κ3) is 15.9. The largest absolute Gasteiger partial charge is 0.481 e. The minimum Gasteiger partial charge on any atom is -0.481 e. The number of unbranched alkanes of at least 4 members (excludes halogenated alkanes) is 1. The van der Waals surface area contributed by atoms with Crippen molar-refractivity contribution in [3.8, 4) is 0 Å². The van der Waals surface area contributed by atoms with Crippen LogP contribution in [0, 0.1) is 5.92 Å². The van der Waals surface area contributed by atoms with Gasteiger partial charge < -0.3 is 65.0 Å². The lowest BCUT2D eigenvalue weighted by Gasteiger charge is -2.31. The van der Waals surface area contributed by atoms with E-state index in [1.807, 2.05) is 0 Å². The average Bonchev–Trinajstić information content (AvgIpc) is 3.56. The SMILES string of the molecule is CC(C)C(NC(=O)C(CCCCN)NC(=O)C(CCCN=C(N)N)NC(=O)C(CC(N)=O)NC(=O)C(N)CCC(=O)O)C(=O)N1CCCC1C(=O)O. The molecule has 0 spiro atoms. The molecular formula is C31H55N11O10. The van der Waals surface area contributed by atoms with Crippen LogP contribution in [0.2, 0.25) is 0 Å². The van der Waals surface area contributed by atoms with Crippen LogP contribution >= 0.6 is 0 Å². The molecule has 6 atom stereocenters. The molecule has 0 aromatic rings. The topological polar surface area (TPSA) is 371 Å². The Labute approximate surface area is 301 Å². The maximum atomic E-state index is 13.7. The van der Waals surface area contributed by atoms with E-state index in [0.29, 0.717) is 19.3 Å². The second kappa shape index (κ2) is 22.7. The van der Waals surface area contributed by atoms with Gasteiger partial charge in [-0.1, -0.05) is 13.8 Å². The molecule has 1 heterocycles. The zero-order chi connectivity index (χ0) is 39.5. The molecule has 294 valence electrons. The third-order valence-electron chi connectivity index (χ3n) is 8.25. The van der Waals surface area contributed by atoms with Crippen molar-refractivity contribution >= 4 is 53.3 Å². The normalized spacial score (nSPS) is 16.8. The monoisotopic (exact) mass is 741 g/mol. The van der Waals surface area contributed by atoms with Gasteiger partial charge in [0.25, 0.3) is 0 Å². The molecule has 16 N–H and O–H groups in total. The molecule has 1 aliphatic rings. The molecule has 6 unspecified atom stereocenters. The number of nitrogens with one attached hydrogen (secondary N) is 4. The Morgan fingerprint density at radius 2 is 1.35 bits per heavy atom. The van der Waals surface area contributed by atoms with Crippen molar-refractivity contribution in [3.05, 3.63) is 0 Å². The number of hydrogen-bond donors (Lipinski definition) is 11. The Kier molecular flexibility index (Phi) is 19.6. The molecule has 21 heteroatoms. The van der Waals surface area contributed by atoms with Crippen LogP contribution in [0.15, 0.2) is 4.99 Å². The Hall–Kier alpha value is -5.05. The molecule has 1 fully saturated rings. The molecule has 0 aromatic carbocycles. The number of likely N-dealkylation sites (tertiary alicyclic amines) is 1. The summed E-state index contributed by atoms with van der Waals surface area (Å²) >= 11 is 0. The molecular weight excluding hydrogens is 686 g/mol. The van der Waals surface area contributed by atoms with Crippen LogP contribution in [0.5, 0.6) is 0 Å². The molecule has 0 aliphatic carbocycles. The number of carboxylic acid groups (broad SMARTS) is 2. The predicted octanol–water partition coefficient (Wildman–Crippen LogP) is -4.09. The van der Waals surface area contributed by atoms with Gasteiger partial charge in [-0.05, 0) is 63.8 Å². The summed E-state index contributed by atoms with van der Waals surface area (Å²) in [4.78, 5) is 106. The summed E-state index contributed by atoms with van der Waals surface area (Å²) in [5, 5.41) is 28.5. The van der Waals surface area contributed by atoms with Gasteiger partial charge in [-0.25, -0.2) is 4.79 Å². The van der Waals surface area contributed by atoms with E-state index in [-0.39, 0.29) is 57.7 Å². The molecule has 0 aromatic heterocycles. The highest BCUT2D eigenvalue weighted by Crippen LogP contribution is 2.20. The van der Waals surface area contributed by atoms with E-state index in [1.165, 1.54) is 4.90 Å². The number of carboxylic acids is 2. The van der Waals surface area contributed by atoms with Gasteiger partial charge in [0.15, 0.2) is 5.96 Å². The summed E-state index contributed by atoms with van der Waals surface area (Å²) in [6.07, 6.45) is 0.381. The number of amides is 6. The Bertz CT molecular complexity index is 1310. The Morgan fingerprint density at radius 3 is 1.87 bits per heavy atom. The minimum atomic E-state index is -1.60. The summed E-state index contributed by atoms with van der Waals surface area (Å²) in [6.45, 7) is 3.90. The van der Waals surface area contributed by atoms with Gasteiger partial charge in [0, 0.05) is 19.5 Å². The van der Waals surface area contributed by atoms with Crippen LogP contribution < -0.4 is 49.9 Å². The summed E-state index contributed by atoms with van der Waals surface area (Å²) in [6, 6.07) is -7.69. The summed E-state index contributed by atoms with van der Waals surface area (Å²) in [7, 11) is 0. The molecule has 0 radical (unpaired) electrons. The number of hydrogen-bond acceptors (Lipinski definition) is 11. The molecule has 0 bridgehead atoms. The fourth-order valence-electron chi connectivity index (χ4n) is 5.41. The van der Waals surface area contributed by atoms with Crippen molar-refractivity contribution < 1.29 is 48.6 Å². The third-order valence-corrected chi connectivity index (χ3v) is 8.25. The first-order chi connectivity index (χ1) is 24.4. The molecule has 0 saturated carbocycles. The van der Waals surface area contributed by atoms with Gasteiger partial charge in [-0.3, -0.25) is 38.6 Å². The van der Waals surface area contributed by atoms with Crippen molar-refractivity contribution in [2.45, 2.75) is 114 Å². The number of aliphatic imine (C=N–C) groups is 1. The van der Waals surface area contributed by atoms with Crippen molar-refractivity contribution in [2.24, 2.45) is 39.6 Å². The van der Waals surface area contributed by atoms with E-state index in [2.05, 4.69) is 26.3 Å². The number of nitrogens with two attached hydrogens (primary N) is 5. The first-order valence-corrected chi connectivity index (χ1v) is 17.1. The Morgan fingerprint density at radius 1 is 0.788 bits per heavy atom. The highest BCUT2D eigenvalue weighted by atomic mass is 16.4. The highest BCUT2D eigenvalue weighted by molar-refractivity contribution is 5.97. The lowest BCUT2D eigenvalue weighted by atomic mass is 10.0. The lowest BCUT2D eigenvalue weighted by molar-refractivity contribution is -0.150. The van der Waals surface area contributed by atoms with Crippen LogP contribution in [0.25, 0.3) is 0 Å². The van der Waals surface area contributed by atoms with Crippen molar-refractivity contribution in [3.63, 3.8) is 0 Å². The zero-order valence-electron chi connectivity index (χ0n) is 29.7. The van der Waals surface area contributed by atoms with Crippen LogP contribution in [0.3, 0.4) is 0 Å². The molecule has 1 aliphatic heterocycles. The fourth-order valence-corrected chi connectivity index (χ4v) is 5.41. The fraction of sp³-hybridized carbons (Fsp3) is 0.710. The first-order valence-electron chi connectivity index (χ1n) is 17.1. The first kappa shape index (κ1) is 45.0. The van der Waals surface area contributed by atoms with E-state index in [1.54, 1.807) is 13.8 Å². The number of guanidine groups is 1. The van der Waals surface area contributed by atoms with Gasteiger partial charge >= 0.3 is 11.9 Å². The lowest BCUT2D eigenvalue weighted by Crippen LogP contribution is -2.60. The van der Waals surface area contributed by atoms with E-state index in [4.69, 9.17) is 33.8 Å². The van der Waals surface area contributed by atoms with Gasteiger partial charge in [-0.2, -0.15) is 0 Å². The number of rotatable bonds is 24. The van der Waals surface area contributed by atoms with Gasteiger partial charge in [0.05, 0.1) is 12.5 Å². The van der Waals surface area contributed by atoms with E-state index < -0.39 is 102 Å². The smallest absolute Gasteiger partial charge is 0.326 e. The van der Waals surface area contributed by atoms with Gasteiger partial charge in [0.1, 0.15) is 30.2 Å². The number of primary amides is 1. The number of carbonyl (C=O) groups is 8.